The summed E-state index contributed by atoms with van der Waals surface area (Å²) in [4.78, 5) is 18.2. The van der Waals surface area contributed by atoms with Crippen LogP contribution in [0.25, 0.3) is 11.0 Å². The number of nitrogens with zero attached hydrogens (tertiary/aromatic N) is 4. The molecule has 0 aromatic carbocycles. The van der Waals surface area contributed by atoms with Crippen molar-refractivity contribution in [3.8, 4) is 0 Å². The molecule has 112 valence electrons. The Bertz CT molecular complexity index is 681. The van der Waals surface area contributed by atoms with Crippen molar-refractivity contribution in [1.29, 1.82) is 0 Å². The van der Waals surface area contributed by atoms with Crippen LogP contribution in [0, 0.1) is 6.92 Å². The van der Waals surface area contributed by atoms with Gasteiger partial charge in [-0.3, -0.25) is 4.68 Å². The number of fused-ring (bicyclic) bond motifs is 1. The zero-order valence-electron chi connectivity index (χ0n) is 12.2. The van der Waals surface area contributed by atoms with E-state index in [2.05, 4.69) is 15.4 Å². The van der Waals surface area contributed by atoms with Gasteiger partial charge in [-0.25, -0.2) is 9.78 Å². The second-order valence-corrected chi connectivity index (χ2v) is 5.48. The molecule has 1 atom stereocenters. The monoisotopic (exact) mass is 289 g/mol. The predicted octanol–water partition coefficient (Wildman–Crippen LogP) is 1.27. The van der Waals surface area contributed by atoms with Gasteiger partial charge in [0, 0.05) is 25.5 Å². The highest BCUT2D eigenvalue weighted by molar-refractivity contribution is 5.92. The number of aliphatic hydroxyl groups is 1. The van der Waals surface area contributed by atoms with Crippen LogP contribution in [-0.4, -0.2) is 50.0 Å². The third-order valence-electron chi connectivity index (χ3n) is 3.80. The fraction of sp³-hybridized carbons (Fsp3) is 0.500. The number of anilines is 1. The number of β-amino-alcohol motifs (C(OH)–C–C–N with tert-alkyl or cyclic N) is 1. The van der Waals surface area contributed by atoms with Gasteiger partial charge in [-0.15, -0.1) is 0 Å². The van der Waals surface area contributed by atoms with Crippen LogP contribution in [0.2, 0.25) is 0 Å². The molecule has 0 radical (unpaired) electrons. The maximum Gasteiger partial charge on any atom is 0.321 e. The van der Waals surface area contributed by atoms with Gasteiger partial charge in [0.25, 0.3) is 0 Å². The highest BCUT2D eigenvalue weighted by Gasteiger charge is 2.22. The standard InChI is InChI=1S/C14H19N5O2/c1-9-12-6-10(7-15-13(12)18(2)17-9)16-14(21)19-5-3-4-11(20)8-19/h6-7,11,20H,3-5,8H2,1-2H3,(H,16,21). The Kier molecular flexibility index (Phi) is 3.50. The zero-order valence-corrected chi connectivity index (χ0v) is 12.2. The summed E-state index contributed by atoms with van der Waals surface area (Å²) >= 11 is 0. The van der Waals surface area contributed by atoms with Crippen LogP contribution in [0.3, 0.4) is 0 Å². The number of aromatic nitrogens is 3. The van der Waals surface area contributed by atoms with E-state index in [-0.39, 0.29) is 6.03 Å². The third kappa shape index (κ3) is 2.69. The Hall–Kier alpha value is -2.15. The van der Waals surface area contributed by atoms with Gasteiger partial charge in [-0.1, -0.05) is 0 Å². The van der Waals surface area contributed by atoms with Gasteiger partial charge in [0.15, 0.2) is 5.65 Å². The minimum atomic E-state index is -0.425. The van der Waals surface area contributed by atoms with Crippen molar-refractivity contribution >= 4 is 22.8 Å². The highest BCUT2D eigenvalue weighted by Crippen LogP contribution is 2.20. The molecule has 1 saturated heterocycles. The first-order valence-electron chi connectivity index (χ1n) is 7.08. The molecule has 0 aliphatic carbocycles. The molecule has 0 bridgehead atoms. The third-order valence-corrected chi connectivity index (χ3v) is 3.80. The van der Waals surface area contributed by atoms with Crippen molar-refractivity contribution in [2.75, 3.05) is 18.4 Å². The number of aryl methyl sites for hydroxylation is 2. The van der Waals surface area contributed by atoms with E-state index in [0.717, 1.165) is 29.6 Å². The summed E-state index contributed by atoms with van der Waals surface area (Å²) in [5.74, 6) is 0. The lowest BCUT2D eigenvalue weighted by molar-refractivity contribution is 0.0883. The Labute approximate surface area is 122 Å². The Morgan fingerprint density at radius 3 is 3.10 bits per heavy atom. The lowest BCUT2D eigenvalue weighted by Gasteiger charge is -2.30. The summed E-state index contributed by atoms with van der Waals surface area (Å²) in [6.07, 6.45) is 2.78. The summed E-state index contributed by atoms with van der Waals surface area (Å²) in [6.45, 7) is 2.97. The van der Waals surface area contributed by atoms with E-state index in [1.54, 1.807) is 15.8 Å². The first kappa shape index (κ1) is 13.8. The van der Waals surface area contributed by atoms with Crippen LogP contribution in [0.15, 0.2) is 12.3 Å². The van der Waals surface area contributed by atoms with Crippen molar-refractivity contribution in [1.82, 2.24) is 19.7 Å². The van der Waals surface area contributed by atoms with Crippen molar-refractivity contribution in [3.05, 3.63) is 18.0 Å². The molecule has 7 heteroatoms. The zero-order chi connectivity index (χ0) is 15.0. The predicted molar refractivity (Wildman–Crippen MR) is 79.1 cm³/mol. The average Bonchev–Trinajstić information content (AvgIpc) is 2.74. The Morgan fingerprint density at radius 2 is 2.33 bits per heavy atom. The number of carbonyl (C=O) groups is 1. The number of hydrogen-bond donors (Lipinski definition) is 2. The van der Waals surface area contributed by atoms with Crippen molar-refractivity contribution < 1.29 is 9.90 Å². The molecule has 0 spiro atoms. The van der Waals surface area contributed by atoms with Crippen LogP contribution in [0.5, 0.6) is 0 Å². The van der Waals surface area contributed by atoms with Crippen LogP contribution >= 0.6 is 0 Å². The first-order chi connectivity index (χ1) is 10.0. The molecule has 3 rings (SSSR count). The van der Waals surface area contributed by atoms with Gasteiger partial charge < -0.3 is 15.3 Å². The van der Waals surface area contributed by atoms with Crippen LogP contribution in [0.4, 0.5) is 10.5 Å². The smallest absolute Gasteiger partial charge is 0.321 e. The first-order valence-corrected chi connectivity index (χ1v) is 7.08. The summed E-state index contributed by atoms with van der Waals surface area (Å²) in [6, 6.07) is 1.68. The van der Waals surface area contributed by atoms with E-state index in [1.165, 1.54) is 0 Å². The number of pyridine rings is 1. The van der Waals surface area contributed by atoms with Crippen molar-refractivity contribution in [2.24, 2.45) is 7.05 Å². The summed E-state index contributed by atoms with van der Waals surface area (Å²) < 4.78 is 1.72. The topological polar surface area (TPSA) is 83.3 Å². The molecule has 1 fully saturated rings. The number of nitrogens with one attached hydrogen (secondary N) is 1. The lowest BCUT2D eigenvalue weighted by atomic mass is 10.1. The summed E-state index contributed by atoms with van der Waals surface area (Å²) in [5, 5.41) is 17.7. The van der Waals surface area contributed by atoms with Gasteiger partial charge in [-0.05, 0) is 25.8 Å². The van der Waals surface area contributed by atoms with Gasteiger partial charge in [0.05, 0.1) is 23.7 Å². The molecule has 7 nitrogen and oxygen atoms in total. The molecule has 2 aromatic rings. The maximum absolute atomic E-state index is 12.2. The van der Waals surface area contributed by atoms with Crippen molar-refractivity contribution in [2.45, 2.75) is 25.9 Å². The fourth-order valence-electron chi connectivity index (χ4n) is 2.72. The minimum Gasteiger partial charge on any atom is -0.391 e. The quantitative estimate of drug-likeness (QED) is 0.828. The van der Waals surface area contributed by atoms with E-state index < -0.39 is 6.10 Å². The number of amides is 2. The molecule has 1 aliphatic rings. The van der Waals surface area contributed by atoms with E-state index in [4.69, 9.17) is 0 Å². The van der Waals surface area contributed by atoms with Gasteiger partial charge in [-0.2, -0.15) is 5.10 Å². The average molecular weight is 289 g/mol. The number of hydrogen-bond acceptors (Lipinski definition) is 4. The minimum absolute atomic E-state index is 0.198. The molecule has 2 amide bonds. The number of piperidine rings is 1. The molecule has 1 unspecified atom stereocenters. The molecule has 0 saturated carbocycles. The van der Waals surface area contributed by atoms with Crippen LogP contribution < -0.4 is 5.32 Å². The lowest BCUT2D eigenvalue weighted by Crippen LogP contribution is -2.44. The normalized spacial score (nSPS) is 19.0. The Balaban J connectivity index is 1.78. The van der Waals surface area contributed by atoms with Crippen molar-refractivity contribution in [3.63, 3.8) is 0 Å². The number of likely N-dealkylation sites (tertiary alicyclic amines) is 1. The number of urea groups is 1. The number of carbonyl (C=O) groups excluding carboxylic acids is 1. The molecular formula is C14H19N5O2. The second kappa shape index (κ2) is 5.33. The molecule has 3 heterocycles. The SMILES string of the molecule is Cc1nn(C)c2ncc(NC(=O)N3CCCC(O)C3)cc12. The van der Waals surface area contributed by atoms with Gasteiger partial charge in [0.1, 0.15) is 0 Å². The second-order valence-electron chi connectivity index (χ2n) is 5.48. The van der Waals surface area contributed by atoms with E-state index in [9.17, 15) is 9.90 Å². The molecule has 21 heavy (non-hydrogen) atoms. The molecular weight excluding hydrogens is 270 g/mol. The molecule has 2 aromatic heterocycles. The number of rotatable bonds is 1. The Morgan fingerprint density at radius 1 is 1.52 bits per heavy atom. The molecule has 1 aliphatic heterocycles. The van der Waals surface area contributed by atoms with E-state index >= 15 is 0 Å². The van der Waals surface area contributed by atoms with E-state index in [0.29, 0.717) is 18.8 Å². The largest absolute Gasteiger partial charge is 0.391 e. The fourth-order valence-corrected chi connectivity index (χ4v) is 2.72. The maximum atomic E-state index is 12.2. The summed E-state index contributed by atoms with van der Waals surface area (Å²) in [7, 11) is 1.84. The van der Waals surface area contributed by atoms with Gasteiger partial charge >= 0.3 is 6.03 Å². The highest BCUT2D eigenvalue weighted by atomic mass is 16.3. The molecule has 2 N–H and O–H groups in total. The number of aliphatic hydroxyl groups excluding tert-OH is 1. The van der Waals surface area contributed by atoms with Crippen LogP contribution in [-0.2, 0) is 7.05 Å². The van der Waals surface area contributed by atoms with E-state index in [1.807, 2.05) is 20.0 Å². The van der Waals surface area contributed by atoms with Gasteiger partial charge in [0.2, 0.25) is 0 Å². The van der Waals surface area contributed by atoms with Crippen LogP contribution in [0.1, 0.15) is 18.5 Å². The summed E-state index contributed by atoms with van der Waals surface area (Å²) in [5.41, 5.74) is 2.31.